The molecular formula is C21H20N2O5S2. The number of thioether (sulfide) groups is 1. The van der Waals surface area contributed by atoms with Gasteiger partial charge < -0.3 is 9.47 Å². The Kier molecular flexibility index (Phi) is 6.73. The van der Waals surface area contributed by atoms with Crippen molar-refractivity contribution in [3.05, 3.63) is 68.1 Å². The highest BCUT2D eigenvalue weighted by molar-refractivity contribution is 8.26. The molecule has 0 radical (unpaired) electrons. The summed E-state index contributed by atoms with van der Waals surface area (Å²) < 4.78 is 11.9. The molecular weight excluding hydrogens is 424 g/mol. The number of nitro groups is 1. The largest absolute Gasteiger partial charge is 0.490 e. The van der Waals surface area contributed by atoms with Crippen LogP contribution in [-0.4, -0.2) is 40.3 Å². The van der Waals surface area contributed by atoms with Crippen LogP contribution in [0.15, 0.2) is 41.3 Å². The van der Waals surface area contributed by atoms with Crippen molar-refractivity contribution in [2.24, 2.45) is 0 Å². The number of ether oxygens (including phenoxy) is 2. The highest BCUT2D eigenvalue weighted by Gasteiger charge is 2.29. The van der Waals surface area contributed by atoms with Crippen molar-refractivity contribution in [1.82, 2.24) is 4.90 Å². The molecule has 1 aliphatic heterocycles. The highest BCUT2D eigenvalue weighted by atomic mass is 32.2. The normalized spacial score (nSPS) is 15.0. The molecule has 0 saturated carbocycles. The van der Waals surface area contributed by atoms with Crippen molar-refractivity contribution in [3.63, 3.8) is 0 Å². The van der Waals surface area contributed by atoms with Crippen LogP contribution in [-0.2, 0) is 4.79 Å². The number of nitrogens with zero attached hydrogens (tertiary/aromatic N) is 2. The van der Waals surface area contributed by atoms with E-state index in [4.69, 9.17) is 21.7 Å². The molecule has 1 fully saturated rings. The first kappa shape index (κ1) is 21.8. The van der Waals surface area contributed by atoms with E-state index in [1.807, 2.05) is 32.0 Å². The Morgan fingerprint density at radius 1 is 1.13 bits per heavy atom. The fourth-order valence-electron chi connectivity index (χ4n) is 2.70. The van der Waals surface area contributed by atoms with E-state index in [2.05, 4.69) is 0 Å². The molecule has 30 heavy (non-hydrogen) atoms. The molecule has 156 valence electrons. The fourth-order valence-corrected chi connectivity index (χ4v) is 3.87. The first-order chi connectivity index (χ1) is 14.3. The van der Waals surface area contributed by atoms with Crippen LogP contribution in [0, 0.1) is 24.0 Å². The Morgan fingerprint density at radius 3 is 2.50 bits per heavy atom. The standard InChI is InChI=1S/C21H20N2O5S2/c1-13-4-6-17(10-14(13)2)27-8-9-28-18-7-5-16(23(25)26)11-15(18)12-19-20(24)22(3)21(29)30-19/h4-7,10-12H,8-9H2,1-3H3. The third-order valence-corrected chi connectivity index (χ3v) is 6.05. The first-order valence-corrected chi connectivity index (χ1v) is 10.3. The van der Waals surface area contributed by atoms with Crippen LogP contribution >= 0.6 is 24.0 Å². The van der Waals surface area contributed by atoms with Crippen molar-refractivity contribution in [1.29, 1.82) is 0 Å². The molecule has 0 aliphatic carbocycles. The molecule has 1 aliphatic rings. The average molecular weight is 445 g/mol. The Balaban J connectivity index is 1.74. The summed E-state index contributed by atoms with van der Waals surface area (Å²) in [6.07, 6.45) is 1.56. The lowest BCUT2D eigenvalue weighted by molar-refractivity contribution is -0.384. The minimum atomic E-state index is -0.491. The van der Waals surface area contributed by atoms with Crippen LogP contribution in [0.5, 0.6) is 11.5 Å². The van der Waals surface area contributed by atoms with E-state index < -0.39 is 4.92 Å². The van der Waals surface area contributed by atoms with Crippen LogP contribution in [0.1, 0.15) is 16.7 Å². The van der Waals surface area contributed by atoms with Gasteiger partial charge in [-0.15, -0.1) is 0 Å². The quantitative estimate of drug-likeness (QED) is 0.204. The summed E-state index contributed by atoms with van der Waals surface area (Å²) in [4.78, 5) is 24.7. The van der Waals surface area contributed by atoms with Gasteiger partial charge in [0.25, 0.3) is 11.6 Å². The van der Waals surface area contributed by atoms with E-state index in [-0.39, 0.29) is 18.2 Å². The van der Waals surface area contributed by atoms with Gasteiger partial charge in [0.15, 0.2) is 0 Å². The highest BCUT2D eigenvalue weighted by Crippen LogP contribution is 2.34. The number of aryl methyl sites for hydroxylation is 2. The molecule has 0 spiro atoms. The number of non-ortho nitro benzene ring substituents is 1. The second kappa shape index (κ2) is 9.27. The predicted molar refractivity (Wildman–Crippen MR) is 121 cm³/mol. The van der Waals surface area contributed by atoms with Crippen molar-refractivity contribution < 1.29 is 19.2 Å². The number of rotatable bonds is 7. The molecule has 3 rings (SSSR count). The number of benzene rings is 2. The lowest BCUT2D eigenvalue weighted by Gasteiger charge is -2.12. The fraction of sp³-hybridized carbons (Fsp3) is 0.238. The van der Waals surface area contributed by atoms with E-state index in [0.29, 0.717) is 27.1 Å². The molecule has 0 atom stereocenters. The molecule has 0 aromatic heterocycles. The molecule has 0 bridgehead atoms. The zero-order chi connectivity index (χ0) is 21.8. The minimum Gasteiger partial charge on any atom is -0.490 e. The van der Waals surface area contributed by atoms with Crippen molar-refractivity contribution in [3.8, 4) is 11.5 Å². The molecule has 0 unspecified atom stereocenters. The van der Waals surface area contributed by atoms with E-state index in [1.165, 1.54) is 28.7 Å². The Hall–Kier alpha value is -2.91. The van der Waals surface area contributed by atoms with E-state index in [1.54, 1.807) is 13.1 Å². The van der Waals surface area contributed by atoms with Crippen LogP contribution in [0.4, 0.5) is 5.69 Å². The summed E-state index contributed by atoms with van der Waals surface area (Å²) in [5, 5.41) is 11.2. The number of amides is 1. The van der Waals surface area contributed by atoms with Gasteiger partial charge in [-0.2, -0.15) is 0 Å². The van der Waals surface area contributed by atoms with Gasteiger partial charge in [-0.25, -0.2) is 0 Å². The summed E-state index contributed by atoms with van der Waals surface area (Å²) in [7, 11) is 1.59. The molecule has 2 aromatic carbocycles. The number of hydrogen-bond donors (Lipinski definition) is 0. The monoisotopic (exact) mass is 444 g/mol. The second-order valence-electron chi connectivity index (χ2n) is 6.66. The molecule has 1 saturated heterocycles. The van der Waals surface area contributed by atoms with E-state index >= 15 is 0 Å². The number of thiocarbonyl (C=S) groups is 1. The number of carbonyl (C=O) groups is 1. The van der Waals surface area contributed by atoms with Gasteiger partial charge in [-0.3, -0.25) is 19.8 Å². The minimum absolute atomic E-state index is 0.0908. The summed E-state index contributed by atoms with van der Waals surface area (Å²) in [5.74, 6) is 0.920. The first-order valence-electron chi connectivity index (χ1n) is 9.09. The average Bonchev–Trinajstić information content (AvgIpc) is 2.95. The number of carbonyl (C=O) groups excluding carboxylic acids is 1. The van der Waals surface area contributed by atoms with Gasteiger partial charge in [-0.1, -0.05) is 30.0 Å². The van der Waals surface area contributed by atoms with E-state index in [9.17, 15) is 14.9 Å². The summed E-state index contributed by atoms with van der Waals surface area (Å²) in [5.41, 5.74) is 2.67. The lowest BCUT2D eigenvalue weighted by Crippen LogP contribution is -2.22. The van der Waals surface area contributed by atoms with Crippen LogP contribution in [0.3, 0.4) is 0 Å². The van der Waals surface area contributed by atoms with Gasteiger partial charge in [0.1, 0.15) is 29.0 Å². The lowest BCUT2D eigenvalue weighted by atomic mass is 10.1. The smallest absolute Gasteiger partial charge is 0.270 e. The Labute approximate surface area is 183 Å². The van der Waals surface area contributed by atoms with Crippen molar-refractivity contribution in [2.75, 3.05) is 20.3 Å². The summed E-state index contributed by atoms with van der Waals surface area (Å²) in [6, 6.07) is 10.1. The van der Waals surface area contributed by atoms with Crippen LogP contribution < -0.4 is 9.47 Å². The van der Waals surface area contributed by atoms with Crippen molar-refractivity contribution >= 4 is 46.0 Å². The van der Waals surface area contributed by atoms with Crippen LogP contribution in [0.25, 0.3) is 6.08 Å². The molecule has 2 aromatic rings. The molecule has 1 heterocycles. The predicted octanol–water partition coefficient (Wildman–Crippen LogP) is 4.50. The van der Waals surface area contributed by atoms with Gasteiger partial charge in [0, 0.05) is 24.7 Å². The van der Waals surface area contributed by atoms with Gasteiger partial charge in [0.2, 0.25) is 0 Å². The van der Waals surface area contributed by atoms with E-state index in [0.717, 1.165) is 23.1 Å². The maximum Gasteiger partial charge on any atom is 0.270 e. The summed E-state index contributed by atoms with van der Waals surface area (Å²) >= 11 is 6.28. The molecule has 1 amide bonds. The maximum atomic E-state index is 12.3. The van der Waals surface area contributed by atoms with Gasteiger partial charge in [0.05, 0.1) is 9.83 Å². The zero-order valence-electron chi connectivity index (χ0n) is 16.7. The second-order valence-corrected chi connectivity index (χ2v) is 8.34. The zero-order valence-corrected chi connectivity index (χ0v) is 18.3. The third kappa shape index (κ3) is 4.98. The topological polar surface area (TPSA) is 81.9 Å². The summed E-state index contributed by atoms with van der Waals surface area (Å²) in [6.45, 7) is 4.59. The number of nitro benzene ring substituents is 1. The molecule has 7 nitrogen and oxygen atoms in total. The Bertz CT molecular complexity index is 1050. The van der Waals surface area contributed by atoms with Gasteiger partial charge >= 0.3 is 0 Å². The van der Waals surface area contributed by atoms with Crippen LogP contribution in [0.2, 0.25) is 0 Å². The SMILES string of the molecule is Cc1ccc(OCCOc2ccc([N+](=O)[O-])cc2C=C2SC(=S)N(C)C2=O)cc1C. The Morgan fingerprint density at radius 2 is 1.87 bits per heavy atom. The number of likely N-dealkylation sites (N-methyl/N-ethyl adjacent to an activating group) is 1. The number of hydrogen-bond acceptors (Lipinski definition) is 7. The van der Waals surface area contributed by atoms with Gasteiger partial charge in [-0.05, 0) is 49.2 Å². The van der Waals surface area contributed by atoms with Crippen molar-refractivity contribution in [2.45, 2.75) is 13.8 Å². The molecule has 0 N–H and O–H groups in total. The molecule has 9 heteroatoms. The maximum absolute atomic E-state index is 12.3. The third-order valence-electron chi connectivity index (χ3n) is 4.57.